The summed E-state index contributed by atoms with van der Waals surface area (Å²) in [4.78, 5) is 13.3. The first-order chi connectivity index (χ1) is 8.49. The van der Waals surface area contributed by atoms with E-state index in [1.165, 1.54) is 4.57 Å². The summed E-state index contributed by atoms with van der Waals surface area (Å²) in [7, 11) is 4.03. The van der Waals surface area contributed by atoms with Gasteiger partial charge in [0.05, 0.1) is 5.52 Å². The van der Waals surface area contributed by atoms with Gasteiger partial charge in [0.15, 0.2) is 0 Å². The molecule has 0 aliphatic carbocycles. The summed E-state index contributed by atoms with van der Waals surface area (Å²) < 4.78 is 1.31. The van der Waals surface area contributed by atoms with Crippen molar-refractivity contribution in [3.05, 3.63) is 35.5 Å². The lowest BCUT2D eigenvalue weighted by molar-refractivity contribution is 0.197. The van der Waals surface area contributed by atoms with Gasteiger partial charge in [-0.1, -0.05) is 12.1 Å². The highest BCUT2D eigenvalue weighted by Crippen LogP contribution is 2.23. The maximum Gasteiger partial charge on any atom is 0.416 e. The number of benzene rings is 1. The quantitative estimate of drug-likeness (QED) is 0.905. The van der Waals surface area contributed by atoms with Crippen LogP contribution in [0.25, 0.3) is 10.9 Å². The van der Waals surface area contributed by atoms with Crippen LogP contribution in [0.1, 0.15) is 11.1 Å². The third-order valence-electron chi connectivity index (χ3n) is 3.08. The first kappa shape index (κ1) is 12.6. The molecule has 1 aromatic heterocycles. The molecule has 0 bridgehead atoms. The molecule has 0 atom stereocenters. The summed E-state index contributed by atoms with van der Waals surface area (Å²) >= 11 is 0. The van der Waals surface area contributed by atoms with Gasteiger partial charge in [-0.05, 0) is 44.6 Å². The van der Waals surface area contributed by atoms with Crippen LogP contribution in [0.5, 0.6) is 0 Å². The molecule has 0 amide bonds. The Balaban J connectivity index is 2.50. The van der Waals surface area contributed by atoms with Crippen molar-refractivity contribution in [1.82, 2.24) is 9.47 Å². The SMILES string of the molecule is Cc1ccc2c(CCN(C)C)cn(C(=O)O)c2c1. The first-order valence-corrected chi connectivity index (χ1v) is 5.97. The number of hydrogen-bond donors (Lipinski definition) is 1. The van der Waals surface area contributed by atoms with Crippen molar-refractivity contribution in [2.45, 2.75) is 13.3 Å². The second-order valence-electron chi connectivity index (χ2n) is 4.88. The van der Waals surface area contributed by atoms with E-state index in [2.05, 4.69) is 4.90 Å². The van der Waals surface area contributed by atoms with E-state index in [0.29, 0.717) is 0 Å². The van der Waals surface area contributed by atoms with E-state index in [0.717, 1.165) is 35.0 Å². The summed E-state index contributed by atoms with van der Waals surface area (Å²) in [6, 6.07) is 5.95. The monoisotopic (exact) mass is 246 g/mol. The lowest BCUT2D eigenvalue weighted by atomic mass is 10.1. The van der Waals surface area contributed by atoms with Crippen LogP contribution in [0.15, 0.2) is 24.4 Å². The smallest absolute Gasteiger partial charge is 0.416 e. The van der Waals surface area contributed by atoms with E-state index in [4.69, 9.17) is 0 Å². The Morgan fingerprint density at radius 2 is 2.11 bits per heavy atom. The molecule has 0 saturated heterocycles. The fourth-order valence-corrected chi connectivity index (χ4v) is 2.11. The first-order valence-electron chi connectivity index (χ1n) is 5.97. The topological polar surface area (TPSA) is 45.5 Å². The second kappa shape index (κ2) is 4.82. The van der Waals surface area contributed by atoms with Crippen LogP contribution < -0.4 is 0 Å². The zero-order valence-electron chi connectivity index (χ0n) is 11.0. The molecular weight excluding hydrogens is 228 g/mol. The predicted molar refractivity (Wildman–Crippen MR) is 72.4 cm³/mol. The molecule has 2 aromatic rings. The fourth-order valence-electron chi connectivity index (χ4n) is 2.11. The van der Waals surface area contributed by atoms with Crippen molar-refractivity contribution < 1.29 is 9.90 Å². The number of aryl methyl sites for hydroxylation is 1. The van der Waals surface area contributed by atoms with Gasteiger partial charge < -0.3 is 10.0 Å². The number of rotatable bonds is 3. The summed E-state index contributed by atoms with van der Waals surface area (Å²) in [6.45, 7) is 2.88. The van der Waals surface area contributed by atoms with Crippen molar-refractivity contribution in [3.63, 3.8) is 0 Å². The Morgan fingerprint density at radius 3 is 2.72 bits per heavy atom. The van der Waals surface area contributed by atoms with Gasteiger partial charge in [0.25, 0.3) is 0 Å². The van der Waals surface area contributed by atoms with Crippen molar-refractivity contribution >= 4 is 17.0 Å². The van der Waals surface area contributed by atoms with E-state index in [1.807, 2.05) is 39.2 Å². The maximum absolute atomic E-state index is 11.2. The highest BCUT2D eigenvalue weighted by molar-refractivity contribution is 5.91. The average Bonchev–Trinajstić information content (AvgIpc) is 2.64. The van der Waals surface area contributed by atoms with Crippen LogP contribution in [0.2, 0.25) is 0 Å². The van der Waals surface area contributed by atoms with Gasteiger partial charge in [0, 0.05) is 18.1 Å². The molecule has 1 aromatic carbocycles. The van der Waals surface area contributed by atoms with Gasteiger partial charge in [-0.25, -0.2) is 4.79 Å². The summed E-state index contributed by atoms with van der Waals surface area (Å²) in [5, 5.41) is 10.2. The molecule has 0 aliphatic rings. The predicted octanol–water partition coefficient (Wildman–Crippen LogP) is 2.58. The van der Waals surface area contributed by atoms with Crippen molar-refractivity contribution in [1.29, 1.82) is 0 Å². The van der Waals surface area contributed by atoms with Crippen molar-refractivity contribution in [2.75, 3.05) is 20.6 Å². The van der Waals surface area contributed by atoms with Crippen LogP contribution in [-0.2, 0) is 6.42 Å². The molecule has 4 nitrogen and oxygen atoms in total. The normalized spacial score (nSPS) is 11.3. The zero-order valence-corrected chi connectivity index (χ0v) is 11.0. The van der Waals surface area contributed by atoms with E-state index in [1.54, 1.807) is 6.20 Å². The fraction of sp³-hybridized carbons (Fsp3) is 0.357. The summed E-state index contributed by atoms with van der Waals surface area (Å²) in [5.74, 6) is 0. The van der Waals surface area contributed by atoms with Crippen molar-refractivity contribution in [2.24, 2.45) is 0 Å². The van der Waals surface area contributed by atoms with Gasteiger partial charge in [0.2, 0.25) is 0 Å². The third-order valence-corrected chi connectivity index (χ3v) is 3.08. The average molecular weight is 246 g/mol. The largest absolute Gasteiger partial charge is 0.464 e. The minimum Gasteiger partial charge on any atom is -0.464 e. The van der Waals surface area contributed by atoms with Gasteiger partial charge in [0.1, 0.15) is 0 Å². The van der Waals surface area contributed by atoms with E-state index in [-0.39, 0.29) is 0 Å². The van der Waals surface area contributed by atoms with Gasteiger partial charge in [-0.3, -0.25) is 4.57 Å². The molecule has 0 spiro atoms. The van der Waals surface area contributed by atoms with E-state index in [9.17, 15) is 9.90 Å². The van der Waals surface area contributed by atoms with Gasteiger partial charge in [-0.2, -0.15) is 0 Å². The van der Waals surface area contributed by atoms with Crippen LogP contribution in [0, 0.1) is 6.92 Å². The number of fused-ring (bicyclic) bond motifs is 1. The molecule has 0 saturated carbocycles. The molecule has 4 heteroatoms. The summed E-state index contributed by atoms with van der Waals surface area (Å²) in [5.41, 5.74) is 2.93. The lowest BCUT2D eigenvalue weighted by Gasteiger charge is -2.08. The molecule has 0 aliphatic heterocycles. The maximum atomic E-state index is 11.2. The minimum atomic E-state index is -0.929. The van der Waals surface area contributed by atoms with Gasteiger partial charge >= 0.3 is 6.09 Å². The highest BCUT2D eigenvalue weighted by Gasteiger charge is 2.12. The van der Waals surface area contributed by atoms with E-state index < -0.39 is 6.09 Å². The number of likely N-dealkylation sites (N-methyl/N-ethyl adjacent to an activating group) is 1. The minimum absolute atomic E-state index is 0.774. The number of hydrogen-bond acceptors (Lipinski definition) is 2. The Hall–Kier alpha value is -1.81. The zero-order chi connectivity index (χ0) is 13.3. The Kier molecular flexibility index (Phi) is 3.39. The molecule has 0 fully saturated rings. The standard InChI is InChI=1S/C14H18N2O2/c1-10-4-5-12-11(6-7-15(2)3)9-16(14(17)18)13(12)8-10/h4-5,8-9H,6-7H2,1-3H3,(H,17,18). The Labute approximate surface area is 106 Å². The lowest BCUT2D eigenvalue weighted by Crippen LogP contribution is -2.15. The Bertz CT molecular complexity index is 585. The summed E-state index contributed by atoms with van der Waals surface area (Å²) in [6.07, 6.45) is 1.66. The molecule has 1 heterocycles. The number of nitrogens with zero attached hydrogens (tertiary/aromatic N) is 2. The molecule has 0 unspecified atom stereocenters. The van der Waals surface area contributed by atoms with E-state index >= 15 is 0 Å². The van der Waals surface area contributed by atoms with Crippen LogP contribution in [0.4, 0.5) is 4.79 Å². The molecule has 2 rings (SSSR count). The molecule has 18 heavy (non-hydrogen) atoms. The number of carboxylic acid groups (broad SMARTS) is 1. The van der Waals surface area contributed by atoms with Crippen molar-refractivity contribution in [3.8, 4) is 0 Å². The third kappa shape index (κ3) is 2.38. The second-order valence-corrected chi connectivity index (χ2v) is 4.88. The van der Waals surface area contributed by atoms with Crippen LogP contribution in [-0.4, -0.2) is 41.3 Å². The molecule has 1 N–H and O–H groups in total. The van der Waals surface area contributed by atoms with Crippen LogP contribution >= 0.6 is 0 Å². The van der Waals surface area contributed by atoms with Crippen LogP contribution in [0.3, 0.4) is 0 Å². The Morgan fingerprint density at radius 1 is 1.39 bits per heavy atom. The molecule has 96 valence electrons. The number of aromatic nitrogens is 1. The van der Waals surface area contributed by atoms with Gasteiger partial charge in [-0.15, -0.1) is 0 Å². The number of carbonyl (C=O) groups is 1. The highest BCUT2D eigenvalue weighted by atomic mass is 16.4. The molecule has 0 radical (unpaired) electrons. The molecular formula is C14H18N2O2.